The fourth-order valence-electron chi connectivity index (χ4n) is 1.06. The quantitative estimate of drug-likeness (QED) is 0.702. The molecule has 1 saturated heterocycles. The Morgan fingerprint density at radius 3 is 3.00 bits per heavy atom. The minimum atomic E-state index is -1.04. The Bertz CT molecular complexity index is 356. The van der Waals surface area contributed by atoms with Gasteiger partial charge in [-0.1, -0.05) is 20.4 Å². The SMILES string of the molecule is C=C(C=C1COC(=NCC(C)C)N1)C(=O)O. The molecule has 1 heterocycles. The van der Waals surface area contributed by atoms with E-state index < -0.39 is 5.97 Å². The van der Waals surface area contributed by atoms with Gasteiger partial charge in [-0.2, -0.15) is 0 Å². The van der Waals surface area contributed by atoms with Crippen molar-refractivity contribution in [1.29, 1.82) is 0 Å². The average molecular weight is 224 g/mol. The van der Waals surface area contributed by atoms with Crippen LogP contribution in [-0.2, 0) is 9.53 Å². The maximum atomic E-state index is 10.5. The molecule has 1 aliphatic rings. The zero-order valence-corrected chi connectivity index (χ0v) is 9.49. The van der Waals surface area contributed by atoms with E-state index in [0.717, 1.165) is 0 Å². The largest absolute Gasteiger partial charge is 0.478 e. The van der Waals surface area contributed by atoms with Crippen LogP contribution in [0.4, 0.5) is 0 Å². The van der Waals surface area contributed by atoms with Gasteiger partial charge in [0.1, 0.15) is 6.61 Å². The van der Waals surface area contributed by atoms with Crippen LogP contribution in [0.2, 0.25) is 0 Å². The van der Waals surface area contributed by atoms with E-state index in [-0.39, 0.29) is 5.57 Å². The van der Waals surface area contributed by atoms with Crippen molar-refractivity contribution < 1.29 is 14.6 Å². The van der Waals surface area contributed by atoms with E-state index in [0.29, 0.717) is 30.8 Å². The lowest BCUT2D eigenvalue weighted by Gasteiger charge is -2.00. The predicted molar refractivity (Wildman–Crippen MR) is 61.1 cm³/mol. The number of carbonyl (C=O) groups is 1. The topological polar surface area (TPSA) is 70.9 Å². The van der Waals surface area contributed by atoms with Crippen molar-refractivity contribution in [3.63, 3.8) is 0 Å². The van der Waals surface area contributed by atoms with E-state index in [2.05, 4.69) is 30.7 Å². The highest BCUT2D eigenvalue weighted by atomic mass is 16.5. The van der Waals surface area contributed by atoms with Crippen molar-refractivity contribution in [3.8, 4) is 0 Å². The molecule has 1 fully saturated rings. The van der Waals surface area contributed by atoms with Gasteiger partial charge >= 0.3 is 5.97 Å². The number of aliphatic imine (C=N–C) groups is 1. The Kier molecular flexibility index (Phi) is 4.10. The molecule has 0 unspecified atom stereocenters. The van der Waals surface area contributed by atoms with E-state index in [1.165, 1.54) is 6.08 Å². The highest BCUT2D eigenvalue weighted by Gasteiger charge is 2.15. The van der Waals surface area contributed by atoms with Crippen LogP contribution in [0.5, 0.6) is 0 Å². The number of hydrogen-bond acceptors (Lipinski definition) is 3. The minimum absolute atomic E-state index is 0.0243. The molecule has 0 aromatic rings. The number of ether oxygens (including phenoxy) is 1. The van der Waals surface area contributed by atoms with Gasteiger partial charge in [0.05, 0.1) is 11.3 Å². The minimum Gasteiger partial charge on any atom is -0.478 e. The van der Waals surface area contributed by atoms with E-state index >= 15 is 0 Å². The molecule has 1 aliphatic heterocycles. The van der Waals surface area contributed by atoms with Gasteiger partial charge in [-0.05, 0) is 12.0 Å². The second kappa shape index (κ2) is 5.34. The summed E-state index contributed by atoms with van der Waals surface area (Å²) in [4.78, 5) is 14.7. The molecular weight excluding hydrogens is 208 g/mol. The highest BCUT2D eigenvalue weighted by molar-refractivity contribution is 5.89. The number of nitrogens with zero attached hydrogens (tertiary/aromatic N) is 1. The standard InChI is InChI=1S/C11H16N2O3/c1-7(2)5-12-11-13-9(6-16-11)4-8(3)10(14)15/h4,7H,3,5-6H2,1-2H3,(H,12,13)(H,14,15). The lowest BCUT2D eigenvalue weighted by Crippen LogP contribution is -2.16. The molecule has 5 heteroatoms. The zero-order valence-electron chi connectivity index (χ0n) is 9.49. The van der Waals surface area contributed by atoms with Gasteiger partial charge < -0.3 is 15.2 Å². The van der Waals surface area contributed by atoms with Gasteiger partial charge in [-0.15, -0.1) is 0 Å². The van der Waals surface area contributed by atoms with Gasteiger partial charge in [0.25, 0.3) is 6.02 Å². The molecule has 16 heavy (non-hydrogen) atoms. The summed E-state index contributed by atoms with van der Waals surface area (Å²) in [6.45, 7) is 8.51. The smallest absolute Gasteiger partial charge is 0.335 e. The van der Waals surface area contributed by atoms with E-state index in [1.54, 1.807) is 0 Å². The summed E-state index contributed by atoms with van der Waals surface area (Å²) in [5, 5.41) is 11.5. The first-order valence-corrected chi connectivity index (χ1v) is 5.06. The monoisotopic (exact) mass is 224 g/mol. The summed E-state index contributed by atoms with van der Waals surface area (Å²) in [7, 11) is 0. The first-order chi connectivity index (χ1) is 7.49. The van der Waals surface area contributed by atoms with Gasteiger partial charge in [0.15, 0.2) is 0 Å². The van der Waals surface area contributed by atoms with Crippen molar-refractivity contribution in [2.75, 3.05) is 13.2 Å². The summed E-state index contributed by atoms with van der Waals surface area (Å²) in [5.41, 5.74) is 0.686. The Labute approximate surface area is 94.5 Å². The molecule has 0 bridgehead atoms. The third-order valence-corrected chi connectivity index (χ3v) is 1.86. The van der Waals surface area contributed by atoms with E-state index in [4.69, 9.17) is 9.84 Å². The van der Waals surface area contributed by atoms with Gasteiger partial charge in [0.2, 0.25) is 0 Å². The van der Waals surface area contributed by atoms with Crippen LogP contribution in [0.25, 0.3) is 0 Å². The van der Waals surface area contributed by atoms with Crippen molar-refractivity contribution in [1.82, 2.24) is 5.32 Å². The van der Waals surface area contributed by atoms with E-state index in [9.17, 15) is 4.79 Å². The highest BCUT2D eigenvalue weighted by Crippen LogP contribution is 2.06. The number of carboxylic acid groups (broad SMARTS) is 1. The maximum absolute atomic E-state index is 10.5. The first-order valence-electron chi connectivity index (χ1n) is 5.06. The number of aliphatic carboxylic acids is 1. The molecule has 0 radical (unpaired) electrons. The lowest BCUT2D eigenvalue weighted by molar-refractivity contribution is -0.132. The summed E-state index contributed by atoms with van der Waals surface area (Å²) >= 11 is 0. The van der Waals surface area contributed by atoms with E-state index in [1.807, 2.05) is 0 Å². The Morgan fingerprint density at radius 1 is 1.75 bits per heavy atom. The zero-order chi connectivity index (χ0) is 12.1. The molecule has 1 rings (SSSR count). The van der Waals surface area contributed by atoms with Crippen LogP contribution in [0.1, 0.15) is 13.8 Å². The van der Waals surface area contributed by atoms with Crippen LogP contribution in [0, 0.1) is 5.92 Å². The van der Waals surface area contributed by atoms with Crippen molar-refractivity contribution in [3.05, 3.63) is 23.9 Å². The molecule has 0 aromatic carbocycles. The number of hydrogen-bond donors (Lipinski definition) is 2. The normalized spacial score (nSPS) is 19.9. The van der Waals surface area contributed by atoms with Crippen LogP contribution in [-0.4, -0.2) is 30.2 Å². The second-order valence-corrected chi connectivity index (χ2v) is 3.95. The van der Waals surface area contributed by atoms with Crippen molar-refractivity contribution in [2.24, 2.45) is 10.9 Å². The fraction of sp³-hybridized carbons (Fsp3) is 0.455. The second-order valence-electron chi connectivity index (χ2n) is 3.95. The van der Waals surface area contributed by atoms with Crippen LogP contribution >= 0.6 is 0 Å². The van der Waals surface area contributed by atoms with Gasteiger partial charge in [-0.25, -0.2) is 9.79 Å². The lowest BCUT2D eigenvalue weighted by atomic mass is 10.2. The molecule has 0 aliphatic carbocycles. The van der Waals surface area contributed by atoms with Crippen LogP contribution < -0.4 is 5.32 Å². The predicted octanol–water partition coefficient (Wildman–Crippen LogP) is 1.14. The summed E-state index contributed by atoms with van der Waals surface area (Å²) in [6, 6.07) is 0.443. The Balaban J connectivity index is 2.55. The van der Waals surface area contributed by atoms with Crippen molar-refractivity contribution in [2.45, 2.75) is 13.8 Å². The average Bonchev–Trinajstić information content (AvgIpc) is 2.62. The van der Waals surface area contributed by atoms with Crippen LogP contribution in [0.15, 0.2) is 28.9 Å². The molecule has 2 N–H and O–H groups in total. The number of rotatable bonds is 4. The molecule has 0 atom stereocenters. The van der Waals surface area contributed by atoms with Crippen molar-refractivity contribution >= 4 is 12.0 Å². The number of carboxylic acids is 1. The molecule has 88 valence electrons. The van der Waals surface area contributed by atoms with Gasteiger partial charge in [0, 0.05) is 6.54 Å². The molecule has 0 amide bonds. The summed E-state index contributed by atoms with van der Waals surface area (Å²) in [6.07, 6.45) is 1.44. The molecule has 0 saturated carbocycles. The molecule has 5 nitrogen and oxygen atoms in total. The Morgan fingerprint density at radius 2 is 2.44 bits per heavy atom. The van der Waals surface area contributed by atoms with Gasteiger partial charge in [-0.3, -0.25) is 0 Å². The number of amidine groups is 1. The maximum Gasteiger partial charge on any atom is 0.335 e. The molecular formula is C11H16N2O3. The third-order valence-electron chi connectivity index (χ3n) is 1.86. The fourth-order valence-corrected chi connectivity index (χ4v) is 1.06. The Hall–Kier alpha value is -1.78. The first kappa shape index (κ1) is 12.3. The van der Waals surface area contributed by atoms with Crippen LogP contribution in [0.3, 0.4) is 0 Å². The summed E-state index contributed by atoms with van der Waals surface area (Å²) in [5.74, 6) is -0.582. The number of nitrogens with one attached hydrogen (secondary N) is 1. The third kappa shape index (κ3) is 3.76. The summed E-state index contributed by atoms with van der Waals surface area (Å²) < 4.78 is 5.23. The molecule has 0 aromatic heterocycles. The molecule has 0 spiro atoms.